The first-order chi connectivity index (χ1) is 9.65. The number of halogens is 1. The van der Waals surface area contributed by atoms with Gasteiger partial charge in [-0.25, -0.2) is 4.98 Å². The summed E-state index contributed by atoms with van der Waals surface area (Å²) in [6.07, 6.45) is 2.76. The van der Waals surface area contributed by atoms with Crippen molar-refractivity contribution in [3.05, 3.63) is 34.7 Å². The van der Waals surface area contributed by atoms with Crippen LogP contribution in [0.2, 0.25) is 0 Å². The van der Waals surface area contributed by atoms with Crippen LogP contribution in [0, 0.1) is 0 Å². The summed E-state index contributed by atoms with van der Waals surface area (Å²) in [5.74, 6) is 0.701. The molecule has 0 radical (unpaired) electrons. The summed E-state index contributed by atoms with van der Waals surface area (Å²) >= 11 is 3.47. The smallest absolute Gasteiger partial charge is 0.136 e. The molecule has 1 atom stereocenters. The van der Waals surface area contributed by atoms with E-state index in [2.05, 4.69) is 50.4 Å². The molecule has 2 aromatic heterocycles. The second kappa shape index (κ2) is 5.14. The summed E-state index contributed by atoms with van der Waals surface area (Å²) in [6.45, 7) is 4.22. The molecule has 0 saturated carbocycles. The zero-order valence-corrected chi connectivity index (χ0v) is 13.1. The Labute approximate surface area is 125 Å². The molecule has 0 aliphatic rings. The Balaban J connectivity index is 2.44. The van der Waals surface area contributed by atoms with Gasteiger partial charge in [0, 0.05) is 15.9 Å². The van der Waals surface area contributed by atoms with Crippen molar-refractivity contribution in [3.8, 4) is 0 Å². The van der Waals surface area contributed by atoms with Gasteiger partial charge < -0.3 is 9.67 Å². The van der Waals surface area contributed by atoms with E-state index in [9.17, 15) is 5.11 Å². The molecule has 1 unspecified atom stereocenters. The van der Waals surface area contributed by atoms with Crippen molar-refractivity contribution in [1.82, 2.24) is 14.5 Å². The number of rotatable bonds is 3. The Bertz CT molecular complexity index is 781. The summed E-state index contributed by atoms with van der Waals surface area (Å²) in [4.78, 5) is 8.97. The number of aliphatic hydroxyl groups is 1. The molecule has 0 bridgehead atoms. The number of aromatic nitrogens is 3. The van der Waals surface area contributed by atoms with Gasteiger partial charge in [-0.05, 0) is 31.5 Å². The number of nitrogens with zero attached hydrogens (tertiary/aromatic N) is 3. The molecule has 3 rings (SSSR count). The maximum Gasteiger partial charge on any atom is 0.136 e. The van der Waals surface area contributed by atoms with Gasteiger partial charge in [-0.1, -0.05) is 22.9 Å². The molecule has 0 spiro atoms. The molecule has 2 heterocycles. The van der Waals surface area contributed by atoms with Crippen LogP contribution in [-0.4, -0.2) is 19.6 Å². The zero-order valence-electron chi connectivity index (χ0n) is 11.5. The SMILES string of the molecule is CCC(C)n1c(CO)nc2cnc3cc(Br)ccc3c21. The fourth-order valence-corrected chi connectivity index (χ4v) is 2.92. The summed E-state index contributed by atoms with van der Waals surface area (Å²) in [5, 5.41) is 10.6. The van der Waals surface area contributed by atoms with Gasteiger partial charge in [-0.3, -0.25) is 4.98 Å². The molecule has 1 aromatic carbocycles. The lowest BCUT2D eigenvalue weighted by Gasteiger charge is -2.15. The monoisotopic (exact) mass is 333 g/mol. The first-order valence-electron chi connectivity index (χ1n) is 6.71. The van der Waals surface area contributed by atoms with Gasteiger partial charge in [0.1, 0.15) is 17.9 Å². The van der Waals surface area contributed by atoms with Crippen molar-refractivity contribution < 1.29 is 5.11 Å². The molecule has 0 aliphatic carbocycles. The van der Waals surface area contributed by atoms with Crippen molar-refractivity contribution >= 4 is 37.9 Å². The molecule has 1 N–H and O–H groups in total. The van der Waals surface area contributed by atoms with E-state index in [1.54, 1.807) is 6.20 Å². The molecule has 104 valence electrons. The molecule has 3 aromatic rings. The number of aliphatic hydroxyl groups excluding tert-OH is 1. The summed E-state index contributed by atoms with van der Waals surface area (Å²) in [7, 11) is 0. The predicted molar refractivity (Wildman–Crippen MR) is 83.7 cm³/mol. The summed E-state index contributed by atoms with van der Waals surface area (Å²) in [6, 6.07) is 6.35. The first-order valence-corrected chi connectivity index (χ1v) is 7.51. The van der Waals surface area contributed by atoms with E-state index in [-0.39, 0.29) is 12.6 Å². The molecular weight excluding hydrogens is 318 g/mol. The lowest BCUT2D eigenvalue weighted by atomic mass is 10.1. The number of benzene rings is 1. The maximum atomic E-state index is 9.57. The van der Waals surface area contributed by atoms with Gasteiger partial charge in [0.25, 0.3) is 0 Å². The molecule has 4 nitrogen and oxygen atoms in total. The average molecular weight is 334 g/mol. The number of fused-ring (bicyclic) bond motifs is 3. The van der Waals surface area contributed by atoms with Crippen LogP contribution in [0.4, 0.5) is 0 Å². The first kappa shape index (κ1) is 13.5. The highest BCUT2D eigenvalue weighted by atomic mass is 79.9. The van der Waals surface area contributed by atoms with Crippen LogP contribution in [0.25, 0.3) is 21.9 Å². The highest BCUT2D eigenvalue weighted by Gasteiger charge is 2.17. The topological polar surface area (TPSA) is 50.9 Å². The highest BCUT2D eigenvalue weighted by molar-refractivity contribution is 9.10. The third kappa shape index (κ3) is 2.01. The minimum absolute atomic E-state index is 0.0585. The Morgan fingerprint density at radius 1 is 1.35 bits per heavy atom. The Hall–Kier alpha value is -1.46. The van der Waals surface area contributed by atoms with E-state index in [4.69, 9.17) is 0 Å². The minimum Gasteiger partial charge on any atom is -0.388 e. The normalized spacial score (nSPS) is 13.2. The molecular formula is C15H16BrN3O. The van der Waals surface area contributed by atoms with Gasteiger partial charge in [0.05, 0.1) is 17.2 Å². The van der Waals surface area contributed by atoms with Gasteiger partial charge in [-0.15, -0.1) is 0 Å². The minimum atomic E-state index is -0.0585. The molecule has 0 fully saturated rings. The van der Waals surface area contributed by atoms with Crippen LogP contribution in [0.1, 0.15) is 32.1 Å². The zero-order chi connectivity index (χ0) is 14.3. The number of hydrogen-bond donors (Lipinski definition) is 1. The van der Waals surface area contributed by atoms with Crippen LogP contribution in [0.5, 0.6) is 0 Å². The van der Waals surface area contributed by atoms with Gasteiger partial charge in [0.15, 0.2) is 0 Å². The number of imidazole rings is 1. The van der Waals surface area contributed by atoms with Crippen LogP contribution < -0.4 is 0 Å². The van der Waals surface area contributed by atoms with E-state index < -0.39 is 0 Å². The third-order valence-electron chi connectivity index (χ3n) is 3.72. The van der Waals surface area contributed by atoms with Crippen molar-refractivity contribution in [2.45, 2.75) is 32.9 Å². The van der Waals surface area contributed by atoms with Crippen molar-refractivity contribution in [3.63, 3.8) is 0 Å². The fourth-order valence-electron chi connectivity index (χ4n) is 2.57. The Kier molecular flexibility index (Phi) is 3.48. The average Bonchev–Trinajstić information content (AvgIpc) is 2.84. The summed E-state index contributed by atoms with van der Waals surface area (Å²) < 4.78 is 3.14. The molecule has 0 aliphatic heterocycles. The van der Waals surface area contributed by atoms with Crippen LogP contribution in [-0.2, 0) is 6.61 Å². The second-order valence-corrected chi connectivity index (χ2v) is 5.88. The maximum absolute atomic E-state index is 9.57. The molecule has 0 saturated heterocycles. The van der Waals surface area contributed by atoms with E-state index >= 15 is 0 Å². The lowest BCUT2D eigenvalue weighted by Crippen LogP contribution is -2.08. The van der Waals surface area contributed by atoms with E-state index in [0.29, 0.717) is 5.82 Å². The molecule has 5 heteroatoms. The van der Waals surface area contributed by atoms with Gasteiger partial charge in [-0.2, -0.15) is 0 Å². The van der Waals surface area contributed by atoms with Gasteiger partial charge >= 0.3 is 0 Å². The fraction of sp³-hybridized carbons (Fsp3) is 0.333. The second-order valence-electron chi connectivity index (χ2n) is 4.97. The summed E-state index contributed by atoms with van der Waals surface area (Å²) in [5.41, 5.74) is 2.82. The Morgan fingerprint density at radius 2 is 2.15 bits per heavy atom. The van der Waals surface area contributed by atoms with Gasteiger partial charge in [0.2, 0.25) is 0 Å². The lowest BCUT2D eigenvalue weighted by molar-refractivity contribution is 0.262. The standard InChI is InChI=1S/C15H16BrN3O/c1-3-9(2)19-14(8-20)18-13-7-17-12-6-10(16)4-5-11(12)15(13)19/h4-7,9,20H,3,8H2,1-2H3. The van der Waals surface area contributed by atoms with Crippen molar-refractivity contribution in [2.24, 2.45) is 0 Å². The molecule has 0 amide bonds. The van der Waals surface area contributed by atoms with Crippen molar-refractivity contribution in [2.75, 3.05) is 0 Å². The third-order valence-corrected chi connectivity index (χ3v) is 4.22. The predicted octanol–water partition coefficient (Wildman–Crippen LogP) is 3.81. The van der Waals surface area contributed by atoms with Crippen molar-refractivity contribution in [1.29, 1.82) is 0 Å². The number of hydrogen-bond acceptors (Lipinski definition) is 3. The molecule has 20 heavy (non-hydrogen) atoms. The van der Waals surface area contributed by atoms with Crippen LogP contribution in [0.15, 0.2) is 28.9 Å². The van der Waals surface area contributed by atoms with Crippen LogP contribution in [0.3, 0.4) is 0 Å². The van der Waals surface area contributed by atoms with E-state index in [1.807, 2.05) is 12.1 Å². The van der Waals surface area contributed by atoms with E-state index in [1.165, 1.54) is 0 Å². The largest absolute Gasteiger partial charge is 0.388 e. The quantitative estimate of drug-likeness (QED) is 0.792. The highest BCUT2D eigenvalue weighted by Crippen LogP contribution is 2.30. The van der Waals surface area contributed by atoms with Crippen LogP contribution >= 0.6 is 15.9 Å². The van der Waals surface area contributed by atoms with E-state index in [0.717, 1.165) is 32.8 Å². The number of pyridine rings is 1. The Morgan fingerprint density at radius 3 is 2.85 bits per heavy atom.